The molecule has 1 aromatic heterocycles. The predicted octanol–water partition coefficient (Wildman–Crippen LogP) is 3.23. The van der Waals surface area contributed by atoms with Crippen molar-refractivity contribution in [2.45, 2.75) is 25.0 Å². The van der Waals surface area contributed by atoms with Gasteiger partial charge in [0.05, 0.1) is 23.7 Å². The van der Waals surface area contributed by atoms with Crippen molar-refractivity contribution in [2.24, 2.45) is 0 Å². The average Bonchev–Trinajstić information content (AvgIpc) is 2.25. The van der Waals surface area contributed by atoms with Gasteiger partial charge in [-0.15, -0.1) is 24.8 Å². The second kappa shape index (κ2) is 5.41. The van der Waals surface area contributed by atoms with Crippen molar-refractivity contribution < 1.29 is 36.2 Å². The van der Waals surface area contributed by atoms with Crippen molar-refractivity contribution >= 4 is 11.6 Å². The number of hydrogen-bond donors (Lipinski definition) is 1. The third-order valence-corrected chi connectivity index (χ3v) is 2.27. The van der Waals surface area contributed by atoms with Crippen LogP contribution < -0.4 is 4.74 Å². The Morgan fingerprint density at radius 1 is 1.21 bits per heavy atom. The van der Waals surface area contributed by atoms with E-state index in [4.69, 9.17) is 16.7 Å². The van der Waals surface area contributed by atoms with E-state index < -0.39 is 47.6 Å². The summed E-state index contributed by atoms with van der Waals surface area (Å²) in [5, 5.41) is 8.86. The molecule has 0 saturated carbocycles. The Morgan fingerprint density at radius 2 is 1.79 bits per heavy atom. The summed E-state index contributed by atoms with van der Waals surface area (Å²) in [6, 6.07) is 0. The van der Waals surface area contributed by atoms with Crippen molar-refractivity contribution in [2.75, 3.05) is 0 Å². The van der Waals surface area contributed by atoms with Crippen LogP contribution in [0.3, 0.4) is 0 Å². The van der Waals surface area contributed by atoms with Crippen molar-refractivity contribution in [3.63, 3.8) is 0 Å². The smallest absolute Gasteiger partial charge is 0.403 e. The molecule has 0 aliphatic carbocycles. The lowest BCUT2D eigenvalue weighted by atomic mass is 10.1. The lowest BCUT2D eigenvalue weighted by Gasteiger charge is -2.18. The van der Waals surface area contributed by atoms with Crippen molar-refractivity contribution in [3.05, 3.63) is 23.0 Å². The molecule has 1 rings (SSSR count). The van der Waals surface area contributed by atoms with Gasteiger partial charge in [-0.05, 0) is 0 Å². The van der Waals surface area contributed by atoms with Crippen LogP contribution in [0, 0.1) is 0 Å². The standard InChI is InChI=1S/C9H6ClF6NO2/c10-1-6-7(19-9(14,15)16)4(3-18)5(2-17-6)8(11,12)13/h2,18H,1,3H2. The molecule has 0 unspecified atom stereocenters. The molecule has 0 bridgehead atoms. The van der Waals surface area contributed by atoms with Crippen LogP contribution >= 0.6 is 11.6 Å². The van der Waals surface area contributed by atoms with Crippen molar-refractivity contribution in [1.29, 1.82) is 0 Å². The highest BCUT2D eigenvalue weighted by molar-refractivity contribution is 6.17. The average molecular weight is 310 g/mol. The molecule has 3 nitrogen and oxygen atoms in total. The predicted molar refractivity (Wildman–Crippen MR) is 51.4 cm³/mol. The van der Waals surface area contributed by atoms with Gasteiger partial charge in [0.1, 0.15) is 0 Å². The fraction of sp³-hybridized carbons (Fsp3) is 0.444. The summed E-state index contributed by atoms with van der Waals surface area (Å²) < 4.78 is 77.6. The van der Waals surface area contributed by atoms with E-state index in [2.05, 4.69) is 9.72 Å². The minimum absolute atomic E-state index is 0.298. The third kappa shape index (κ3) is 3.87. The van der Waals surface area contributed by atoms with Gasteiger partial charge in [-0.3, -0.25) is 4.98 Å². The maximum atomic E-state index is 12.6. The SMILES string of the molecule is OCc1c(C(F)(F)F)cnc(CCl)c1OC(F)(F)F. The van der Waals surface area contributed by atoms with Crippen LogP contribution in [0.2, 0.25) is 0 Å². The molecule has 0 fully saturated rings. The van der Waals surface area contributed by atoms with Gasteiger partial charge in [0.25, 0.3) is 0 Å². The summed E-state index contributed by atoms with van der Waals surface area (Å²) in [5.41, 5.74) is -3.12. The molecule has 1 heterocycles. The van der Waals surface area contributed by atoms with E-state index in [1.807, 2.05) is 0 Å². The first-order chi connectivity index (χ1) is 8.60. The highest BCUT2D eigenvalue weighted by Crippen LogP contribution is 2.39. The van der Waals surface area contributed by atoms with E-state index in [1.54, 1.807) is 0 Å². The normalized spacial score (nSPS) is 12.6. The van der Waals surface area contributed by atoms with Gasteiger partial charge in [-0.1, -0.05) is 0 Å². The van der Waals surface area contributed by atoms with Gasteiger partial charge < -0.3 is 9.84 Å². The fourth-order valence-corrected chi connectivity index (χ4v) is 1.50. The van der Waals surface area contributed by atoms with Crippen molar-refractivity contribution in [1.82, 2.24) is 4.98 Å². The highest BCUT2D eigenvalue weighted by Gasteiger charge is 2.39. The Balaban J connectivity index is 3.46. The second-order valence-corrected chi connectivity index (χ2v) is 3.53. The number of aromatic nitrogens is 1. The van der Waals surface area contributed by atoms with Gasteiger partial charge in [0, 0.05) is 11.8 Å². The lowest BCUT2D eigenvalue weighted by Crippen LogP contribution is -2.21. The molecule has 0 aliphatic heterocycles. The Kier molecular flexibility index (Phi) is 4.51. The number of hydrogen-bond acceptors (Lipinski definition) is 3. The lowest BCUT2D eigenvalue weighted by molar-refractivity contribution is -0.275. The first-order valence-electron chi connectivity index (χ1n) is 4.60. The van der Waals surface area contributed by atoms with Crippen LogP contribution in [0.5, 0.6) is 5.75 Å². The molecular weight excluding hydrogens is 304 g/mol. The molecule has 0 saturated heterocycles. The van der Waals surface area contributed by atoms with Crippen LogP contribution in [-0.2, 0) is 18.7 Å². The van der Waals surface area contributed by atoms with Crippen LogP contribution in [-0.4, -0.2) is 16.5 Å². The van der Waals surface area contributed by atoms with Gasteiger partial charge >= 0.3 is 12.5 Å². The maximum absolute atomic E-state index is 12.6. The summed E-state index contributed by atoms with van der Waals surface area (Å²) in [6.45, 7) is -1.30. The molecule has 0 aromatic carbocycles. The first kappa shape index (κ1) is 15.8. The number of halogens is 7. The third-order valence-electron chi connectivity index (χ3n) is 2.02. The zero-order valence-corrected chi connectivity index (χ0v) is 9.70. The first-order valence-corrected chi connectivity index (χ1v) is 5.14. The Labute approximate surface area is 107 Å². The number of ether oxygens (including phenoxy) is 1. The van der Waals surface area contributed by atoms with E-state index in [0.29, 0.717) is 6.20 Å². The number of rotatable bonds is 3. The minimum atomic E-state index is -5.23. The Bertz CT molecular complexity index is 459. The molecule has 0 atom stereocenters. The van der Waals surface area contributed by atoms with Crippen molar-refractivity contribution in [3.8, 4) is 5.75 Å². The van der Waals surface area contributed by atoms with E-state index in [9.17, 15) is 26.3 Å². The zero-order valence-electron chi connectivity index (χ0n) is 8.94. The maximum Gasteiger partial charge on any atom is 0.573 e. The molecular formula is C9H6ClF6NO2. The number of alkyl halides is 7. The number of aliphatic hydroxyl groups excluding tert-OH is 1. The molecule has 0 aliphatic rings. The van der Waals surface area contributed by atoms with Gasteiger partial charge in [-0.2, -0.15) is 13.2 Å². The van der Waals surface area contributed by atoms with E-state index >= 15 is 0 Å². The molecule has 0 radical (unpaired) electrons. The summed E-state index contributed by atoms with van der Waals surface area (Å²) in [5.74, 6) is -1.82. The van der Waals surface area contributed by atoms with E-state index in [-0.39, 0.29) is 0 Å². The van der Waals surface area contributed by atoms with Gasteiger partial charge in [0.2, 0.25) is 0 Å². The zero-order chi connectivity index (χ0) is 14.8. The van der Waals surface area contributed by atoms with Crippen LogP contribution in [0.1, 0.15) is 16.8 Å². The largest absolute Gasteiger partial charge is 0.573 e. The molecule has 1 aromatic rings. The highest BCUT2D eigenvalue weighted by atomic mass is 35.5. The van der Waals surface area contributed by atoms with Gasteiger partial charge in [0.15, 0.2) is 5.75 Å². The van der Waals surface area contributed by atoms with Gasteiger partial charge in [-0.25, -0.2) is 0 Å². The summed E-state index contributed by atoms with van der Waals surface area (Å²) >= 11 is 5.28. The van der Waals surface area contributed by atoms with Crippen LogP contribution in [0.25, 0.3) is 0 Å². The summed E-state index contributed by atoms with van der Waals surface area (Å²) in [7, 11) is 0. The topological polar surface area (TPSA) is 42.4 Å². The molecule has 0 amide bonds. The van der Waals surface area contributed by atoms with Crippen LogP contribution in [0.4, 0.5) is 26.3 Å². The number of pyridine rings is 1. The van der Waals surface area contributed by atoms with E-state index in [0.717, 1.165) is 0 Å². The molecule has 0 spiro atoms. The number of aliphatic hydroxyl groups is 1. The number of nitrogens with zero attached hydrogens (tertiary/aromatic N) is 1. The molecule has 10 heteroatoms. The van der Waals surface area contributed by atoms with Crippen LogP contribution in [0.15, 0.2) is 6.20 Å². The minimum Gasteiger partial charge on any atom is -0.403 e. The Hall–Kier alpha value is -1.22. The molecule has 108 valence electrons. The Morgan fingerprint density at radius 3 is 2.16 bits per heavy atom. The van der Waals surface area contributed by atoms with E-state index in [1.165, 1.54) is 0 Å². The summed E-state index contributed by atoms with van der Waals surface area (Å²) in [4.78, 5) is 3.17. The monoisotopic (exact) mass is 309 g/mol. The molecule has 19 heavy (non-hydrogen) atoms. The fourth-order valence-electron chi connectivity index (χ4n) is 1.31. The second-order valence-electron chi connectivity index (χ2n) is 3.26. The summed E-state index contributed by atoms with van der Waals surface area (Å²) in [6.07, 6.45) is -9.90. The quantitative estimate of drug-likeness (QED) is 0.688. The molecule has 1 N–H and O–H groups in total.